The molecule has 2 unspecified atom stereocenters. The van der Waals surface area contributed by atoms with Gasteiger partial charge in [0.1, 0.15) is 11.9 Å². The first-order valence-corrected chi connectivity index (χ1v) is 5.65. The first kappa shape index (κ1) is 15.3. The topological polar surface area (TPSA) is 84.6 Å². The van der Waals surface area contributed by atoms with E-state index in [9.17, 15) is 18.7 Å². The summed E-state index contributed by atoms with van der Waals surface area (Å²) in [6.45, 7) is -1.14. The summed E-state index contributed by atoms with van der Waals surface area (Å²) in [7, 11) is 0. The molecule has 0 saturated heterocycles. The van der Waals surface area contributed by atoms with Gasteiger partial charge in [0.15, 0.2) is 0 Å². The minimum Gasteiger partial charge on any atom is -0.435 e. The molecular weight excluding hydrogens is 258 g/mol. The third kappa shape index (κ3) is 5.19. The Balaban J connectivity index is 2.61. The SMILES string of the molecule is CC(NCC(O)C(N)=O)c1cccc(OC(F)F)c1. The van der Waals surface area contributed by atoms with Crippen molar-refractivity contribution < 1.29 is 23.4 Å². The minimum absolute atomic E-state index is 0.0174. The maximum absolute atomic E-state index is 12.1. The number of aliphatic hydroxyl groups excluding tert-OH is 1. The number of nitrogens with one attached hydrogen (secondary N) is 1. The lowest BCUT2D eigenvalue weighted by molar-refractivity contribution is -0.125. The van der Waals surface area contributed by atoms with E-state index >= 15 is 0 Å². The lowest BCUT2D eigenvalue weighted by Crippen LogP contribution is -2.38. The van der Waals surface area contributed by atoms with Crippen LogP contribution >= 0.6 is 0 Å². The van der Waals surface area contributed by atoms with Gasteiger partial charge in [-0.1, -0.05) is 12.1 Å². The molecule has 2 atom stereocenters. The molecule has 0 heterocycles. The third-order valence-corrected chi connectivity index (χ3v) is 2.53. The fourth-order valence-corrected chi connectivity index (χ4v) is 1.47. The summed E-state index contributed by atoms with van der Waals surface area (Å²) >= 11 is 0. The van der Waals surface area contributed by atoms with E-state index in [4.69, 9.17) is 5.73 Å². The number of carbonyl (C=O) groups excluding carboxylic acids is 1. The van der Waals surface area contributed by atoms with E-state index < -0.39 is 18.6 Å². The molecule has 1 amide bonds. The second kappa shape index (κ2) is 7.01. The van der Waals surface area contributed by atoms with E-state index in [1.54, 1.807) is 19.1 Å². The van der Waals surface area contributed by atoms with E-state index in [1.807, 2.05) is 0 Å². The number of hydrogen-bond acceptors (Lipinski definition) is 4. The number of carbonyl (C=O) groups is 1. The van der Waals surface area contributed by atoms with Crippen molar-refractivity contribution in [1.29, 1.82) is 0 Å². The van der Waals surface area contributed by atoms with Crippen LogP contribution in [0.25, 0.3) is 0 Å². The predicted molar refractivity (Wildman–Crippen MR) is 64.7 cm³/mol. The highest BCUT2D eigenvalue weighted by Gasteiger charge is 2.13. The number of halogens is 2. The lowest BCUT2D eigenvalue weighted by Gasteiger charge is -2.16. The zero-order valence-corrected chi connectivity index (χ0v) is 10.3. The van der Waals surface area contributed by atoms with Crippen LogP contribution < -0.4 is 15.8 Å². The summed E-state index contributed by atoms with van der Waals surface area (Å²) in [4.78, 5) is 10.7. The van der Waals surface area contributed by atoms with Crippen LogP contribution in [0.5, 0.6) is 5.75 Å². The molecule has 0 aliphatic heterocycles. The Morgan fingerprint density at radius 2 is 2.21 bits per heavy atom. The Hall–Kier alpha value is -1.73. The van der Waals surface area contributed by atoms with Gasteiger partial charge in [0, 0.05) is 12.6 Å². The Morgan fingerprint density at radius 1 is 1.53 bits per heavy atom. The summed E-state index contributed by atoms with van der Waals surface area (Å²) in [5, 5.41) is 12.1. The van der Waals surface area contributed by atoms with Gasteiger partial charge >= 0.3 is 6.61 Å². The second-order valence-corrected chi connectivity index (χ2v) is 4.00. The highest BCUT2D eigenvalue weighted by atomic mass is 19.3. The smallest absolute Gasteiger partial charge is 0.387 e. The molecular formula is C12H16F2N2O3. The maximum Gasteiger partial charge on any atom is 0.387 e. The highest BCUT2D eigenvalue weighted by molar-refractivity contribution is 5.78. The maximum atomic E-state index is 12.1. The van der Waals surface area contributed by atoms with Crippen LogP contribution in [0.1, 0.15) is 18.5 Å². The van der Waals surface area contributed by atoms with Crippen LogP contribution in [-0.4, -0.2) is 30.3 Å². The summed E-state index contributed by atoms with van der Waals surface area (Å²) in [5.74, 6) is -0.772. The van der Waals surface area contributed by atoms with Crippen molar-refractivity contribution in [3.8, 4) is 5.75 Å². The van der Waals surface area contributed by atoms with Gasteiger partial charge in [-0.3, -0.25) is 4.79 Å². The normalized spacial score (nSPS) is 14.2. The fourth-order valence-electron chi connectivity index (χ4n) is 1.47. The molecule has 19 heavy (non-hydrogen) atoms. The Kier molecular flexibility index (Phi) is 5.65. The molecule has 0 fully saturated rings. The Labute approximate surface area is 109 Å². The number of alkyl halides is 2. The molecule has 7 heteroatoms. The Bertz CT molecular complexity index is 429. The molecule has 1 aromatic rings. The molecule has 0 radical (unpaired) electrons. The molecule has 0 aromatic heterocycles. The lowest BCUT2D eigenvalue weighted by atomic mass is 10.1. The third-order valence-electron chi connectivity index (χ3n) is 2.53. The molecule has 0 spiro atoms. The molecule has 0 aliphatic rings. The number of benzene rings is 1. The molecule has 0 bridgehead atoms. The molecule has 1 rings (SSSR count). The number of ether oxygens (including phenoxy) is 1. The highest BCUT2D eigenvalue weighted by Crippen LogP contribution is 2.20. The summed E-state index contributed by atoms with van der Waals surface area (Å²) in [6, 6.07) is 5.92. The van der Waals surface area contributed by atoms with Crippen LogP contribution in [0.4, 0.5) is 8.78 Å². The zero-order chi connectivity index (χ0) is 14.4. The van der Waals surface area contributed by atoms with E-state index in [1.165, 1.54) is 12.1 Å². The van der Waals surface area contributed by atoms with Crippen LogP contribution in [0.2, 0.25) is 0 Å². The molecule has 106 valence electrons. The van der Waals surface area contributed by atoms with Gasteiger partial charge < -0.3 is 20.9 Å². The summed E-state index contributed by atoms with van der Waals surface area (Å²) in [6.07, 6.45) is -1.29. The molecule has 0 aliphatic carbocycles. The van der Waals surface area contributed by atoms with Crippen LogP contribution in [0.3, 0.4) is 0 Å². The van der Waals surface area contributed by atoms with Gasteiger partial charge in [0.05, 0.1) is 0 Å². The van der Waals surface area contributed by atoms with E-state index in [0.29, 0.717) is 5.56 Å². The van der Waals surface area contributed by atoms with Gasteiger partial charge in [-0.15, -0.1) is 0 Å². The van der Waals surface area contributed by atoms with E-state index in [-0.39, 0.29) is 18.3 Å². The fraction of sp³-hybridized carbons (Fsp3) is 0.417. The van der Waals surface area contributed by atoms with Crippen molar-refractivity contribution in [3.05, 3.63) is 29.8 Å². The molecule has 0 saturated carbocycles. The van der Waals surface area contributed by atoms with Crippen LogP contribution in [-0.2, 0) is 4.79 Å². The average Bonchev–Trinajstić information content (AvgIpc) is 2.34. The van der Waals surface area contributed by atoms with Crippen LogP contribution in [0, 0.1) is 0 Å². The minimum atomic E-state index is -2.88. The van der Waals surface area contributed by atoms with Gasteiger partial charge in [0.25, 0.3) is 0 Å². The number of rotatable bonds is 7. The van der Waals surface area contributed by atoms with Crippen molar-refractivity contribution in [1.82, 2.24) is 5.32 Å². The standard InChI is InChI=1S/C12H16F2N2O3/c1-7(16-6-10(17)11(15)18)8-3-2-4-9(5-8)19-12(13)14/h2-5,7,10,12,16-17H,6H2,1H3,(H2,15,18). The van der Waals surface area contributed by atoms with Crippen molar-refractivity contribution in [2.75, 3.05) is 6.54 Å². The van der Waals surface area contributed by atoms with Crippen molar-refractivity contribution in [2.45, 2.75) is 25.7 Å². The van der Waals surface area contributed by atoms with Gasteiger partial charge in [-0.2, -0.15) is 8.78 Å². The quantitative estimate of drug-likeness (QED) is 0.686. The average molecular weight is 274 g/mol. The van der Waals surface area contributed by atoms with Crippen LogP contribution in [0.15, 0.2) is 24.3 Å². The Morgan fingerprint density at radius 3 is 2.79 bits per heavy atom. The zero-order valence-electron chi connectivity index (χ0n) is 10.3. The molecule has 1 aromatic carbocycles. The number of primary amides is 1. The van der Waals surface area contributed by atoms with E-state index in [2.05, 4.69) is 10.1 Å². The van der Waals surface area contributed by atoms with Gasteiger partial charge in [0.2, 0.25) is 5.91 Å². The second-order valence-electron chi connectivity index (χ2n) is 4.00. The number of hydrogen-bond donors (Lipinski definition) is 3. The number of amides is 1. The van der Waals surface area contributed by atoms with Gasteiger partial charge in [-0.25, -0.2) is 0 Å². The van der Waals surface area contributed by atoms with Crippen molar-refractivity contribution >= 4 is 5.91 Å². The monoisotopic (exact) mass is 274 g/mol. The first-order valence-electron chi connectivity index (χ1n) is 5.65. The molecule has 5 nitrogen and oxygen atoms in total. The summed E-state index contributed by atoms with van der Waals surface area (Å²) < 4.78 is 28.4. The molecule has 4 N–H and O–H groups in total. The van der Waals surface area contributed by atoms with E-state index in [0.717, 1.165) is 0 Å². The number of nitrogens with two attached hydrogens (primary N) is 1. The predicted octanol–water partition coefficient (Wildman–Crippen LogP) is 0.785. The van der Waals surface area contributed by atoms with Gasteiger partial charge in [-0.05, 0) is 24.6 Å². The summed E-state index contributed by atoms with van der Waals surface area (Å²) in [5.41, 5.74) is 5.60. The van der Waals surface area contributed by atoms with Crippen molar-refractivity contribution in [2.24, 2.45) is 5.73 Å². The number of aliphatic hydroxyl groups is 1. The van der Waals surface area contributed by atoms with Crippen molar-refractivity contribution in [3.63, 3.8) is 0 Å². The first-order chi connectivity index (χ1) is 8.90. The largest absolute Gasteiger partial charge is 0.435 e.